The van der Waals surface area contributed by atoms with E-state index < -0.39 is 58.0 Å². The number of H-pyrrole nitrogens is 1. The van der Waals surface area contributed by atoms with Crippen molar-refractivity contribution in [2.75, 3.05) is 6.61 Å². The van der Waals surface area contributed by atoms with Gasteiger partial charge in [0.25, 0.3) is 21.2 Å². The number of aliphatic hydroxyl groups is 2. The number of rotatable bonds is 6. The van der Waals surface area contributed by atoms with E-state index in [1.165, 1.54) is 0 Å². The van der Waals surface area contributed by atoms with Crippen LogP contribution < -0.4 is 80.2 Å². The maximum atomic E-state index is 11.7. The van der Waals surface area contributed by atoms with E-state index in [4.69, 9.17) is 9.63 Å². The Morgan fingerprint density at radius 2 is 1.81 bits per heavy atom. The molecule has 6 atom stereocenters. The second-order valence-electron chi connectivity index (χ2n) is 4.86. The van der Waals surface area contributed by atoms with Crippen LogP contribution in [0.1, 0.15) is 6.23 Å². The van der Waals surface area contributed by atoms with Gasteiger partial charge in [-0.1, -0.05) is 0 Å². The molecule has 0 bridgehead atoms. The third-order valence-electron chi connectivity index (χ3n) is 3.06. The van der Waals surface area contributed by atoms with Gasteiger partial charge in [-0.3, -0.25) is 23.5 Å². The quantitative estimate of drug-likeness (QED) is 0.235. The summed E-state index contributed by atoms with van der Waals surface area (Å²) in [6.45, 7) is -0.992. The Kier molecular flexibility index (Phi) is 11.1. The molecule has 0 aromatic carbocycles. The SMILES string of the molecule is O=c1ccn([C@H]2O[C@@H](COP(=O)([O-])OP(=O)([O-])O)[C@H](O)[C@@H]2O)c(=O)[nH]1.[Na+].[Na+]. The van der Waals surface area contributed by atoms with E-state index in [1.54, 1.807) is 0 Å². The number of aromatic amines is 1. The Morgan fingerprint density at radius 1 is 1.22 bits per heavy atom. The first-order valence-electron chi connectivity index (χ1n) is 6.43. The van der Waals surface area contributed by atoms with E-state index in [2.05, 4.69) is 8.83 Å². The molecular weight excluding hydrogens is 436 g/mol. The molecule has 14 nitrogen and oxygen atoms in total. The number of nitrogens with zero attached hydrogens (tertiary/aromatic N) is 1. The van der Waals surface area contributed by atoms with E-state index >= 15 is 0 Å². The molecule has 0 amide bonds. The number of hydrogen-bond donors (Lipinski definition) is 4. The Morgan fingerprint density at radius 3 is 2.33 bits per heavy atom. The molecule has 0 saturated carbocycles. The van der Waals surface area contributed by atoms with Crippen LogP contribution in [0.15, 0.2) is 21.9 Å². The molecule has 1 aromatic heterocycles. The third kappa shape index (κ3) is 7.87. The Balaban J connectivity index is 0.00000338. The summed E-state index contributed by atoms with van der Waals surface area (Å²) in [4.78, 5) is 54.4. The van der Waals surface area contributed by atoms with E-state index in [9.17, 15) is 38.7 Å². The smallest absolute Gasteiger partial charge is 0.756 e. The van der Waals surface area contributed by atoms with Crippen LogP contribution in [-0.4, -0.2) is 49.6 Å². The molecular formula is C9H12N2Na2O12P2. The van der Waals surface area contributed by atoms with Gasteiger partial charge in [0, 0.05) is 12.3 Å². The predicted molar refractivity (Wildman–Crippen MR) is 71.7 cm³/mol. The average Bonchev–Trinajstić information content (AvgIpc) is 2.71. The third-order valence-corrected chi connectivity index (χ3v) is 5.15. The molecule has 1 saturated heterocycles. The molecule has 4 N–H and O–H groups in total. The van der Waals surface area contributed by atoms with E-state index in [0.29, 0.717) is 0 Å². The van der Waals surface area contributed by atoms with Gasteiger partial charge < -0.3 is 34.2 Å². The summed E-state index contributed by atoms with van der Waals surface area (Å²) in [6, 6.07) is 0.945. The molecule has 18 heteroatoms. The molecule has 2 heterocycles. The summed E-state index contributed by atoms with van der Waals surface area (Å²) in [5.41, 5.74) is -1.68. The minimum absolute atomic E-state index is 0. The van der Waals surface area contributed by atoms with Gasteiger partial charge in [0.15, 0.2) is 6.23 Å². The number of aromatic nitrogens is 2. The van der Waals surface area contributed by atoms with Crippen LogP contribution in [0.5, 0.6) is 0 Å². The molecule has 1 fully saturated rings. The summed E-state index contributed by atoms with van der Waals surface area (Å²) in [6.07, 6.45) is -5.44. The molecule has 2 unspecified atom stereocenters. The Labute approximate surface area is 194 Å². The topological polar surface area (TPSA) is 223 Å². The van der Waals surface area contributed by atoms with Crippen LogP contribution in [0.4, 0.5) is 0 Å². The van der Waals surface area contributed by atoms with Crippen molar-refractivity contribution in [1.82, 2.24) is 9.55 Å². The zero-order chi connectivity index (χ0) is 19.0. The van der Waals surface area contributed by atoms with Crippen molar-refractivity contribution in [3.05, 3.63) is 33.1 Å². The van der Waals surface area contributed by atoms with Gasteiger partial charge in [0.2, 0.25) is 0 Å². The average molecular weight is 448 g/mol. The largest absolute Gasteiger partial charge is 1.00 e. The molecule has 0 aliphatic carbocycles. The van der Waals surface area contributed by atoms with Crippen LogP contribution in [0.2, 0.25) is 0 Å². The van der Waals surface area contributed by atoms with Crippen LogP contribution in [-0.2, 0) is 22.7 Å². The summed E-state index contributed by atoms with van der Waals surface area (Å²) in [7, 11) is -11.1. The van der Waals surface area contributed by atoms with E-state index in [1.807, 2.05) is 4.98 Å². The summed E-state index contributed by atoms with van der Waals surface area (Å²) in [5.74, 6) is 0. The number of phosphoric acid groups is 2. The molecule has 1 aliphatic rings. The molecule has 2 rings (SSSR count). The Hall–Kier alpha value is 0.820. The fraction of sp³-hybridized carbons (Fsp3) is 0.556. The fourth-order valence-electron chi connectivity index (χ4n) is 2.04. The molecule has 142 valence electrons. The summed E-state index contributed by atoms with van der Waals surface area (Å²) < 4.78 is 34.9. The zero-order valence-corrected chi connectivity index (χ0v) is 19.8. The predicted octanol–water partition coefficient (Wildman–Crippen LogP) is -9.87. The van der Waals surface area contributed by atoms with Crippen molar-refractivity contribution < 1.29 is 107 Å². The number of nitrogens with one attached hydrogen (secondary N) is 1. The maximum absolute atomic E-state index is 11.7. The fourth-order valence-corrected chi connectivity index (χ4v) is 3.57. The molecule has 1 aromatic rings. The normalized spacial score (nSPS) is 29.1. The minimum Gasteiger partial charge on any atom is -0.756 e. The van der Waals surface area contributed by atoms with Crippen molar-refractivity contribution >= 4 is 15.6 Å². The summed E-state index contributed by atoms with van der Waals surface area (Å²) >= 11 is 0. The van der Waals surface area contributed by atoms with Crippen LogP contribution >= 0.6 is 15.6 Å². The molecule has 0 spiro atoms. The monoisotopic (exact) mass is 448 g/mol. The van der Waals surface area contributed by atoms with Gasteiger partial charge in [-0.15, -0.1) is 0 Å². The summed E-state index contributed by atoms with van der Waals surface area (Å²) in [5, 5.41) is 19.7. The van der Waals surface area contributed by atoms with Crippen LogP contribution in [0.3, 0.4) is 0 Å². The van der Waals surface area contributed by atoms with Gasteiger partial charge in [-0.05, 0) is 0 Å². The second kappa shape index (κ2) is 10.7. The number of phosphoric ester groups is 1. The van der Waals surface area contributed by atoms with Gasteiger partial charge in [-0.2, -0.15) is 0 Å². The van der Waals surface area contributed by atoms with Gasteiger partial charge >= 0.3 is 64.8 Å². The maximum Gasteiger partial charge on any atom is 1.00 e. The first-order chi connectivity index (χ1) is 11.4. The van der Waals surface area contributed by atoms with Crippen LogP contribution in [0, 0.1) is 0 Å². The van der Waals surface area contributed by atoms with Crippen molar-refractivity contribution in [3.8, 4) is 0 Å². The second-order valence-corrected chi connectivity index (χ2v) is 7.60. The standard InChI is InChI=1S/C9H14N2O12P2.2Na/c12-5-1-2-11(9(15)10-5)8-7(14)6(13)4(22-8)3-21-25(19,20)23-24(16,17)18;;/h1-2,4,6-8,13-14H,3H2,(H,19,20)(H,10,12,15)(H2,16,17,18);;/q;2*+1/p-2/t4-,6-,7-,8-;;/m0../s1. The van der Waals surface area contributed by atoms with E-state index in [-0.39, 0.29) is 59.1 Å². The van der Waals surface area contributed by atoms with E-state index in [0.717, 1.165) is 16.8 Å². The Bertz CT molecular complexity index is 839. The number of hydrogen-bond acceptors (Lipinski definition) is 11. The minimum atomic E-state index is -5.63. The first-order valence-corrected chi connectivity index (χ1v) is 9.39. The van der Waals surface area contributed by atoms with Gasteiger partial charge in [0.05, 0.1) is 6.61 Å². The van der Waals surface area contributed by atoms with Crippen molar-refractivity contribution in [2.24, 2.45) is 0 Å². The number of ether oxygens (including phenoxy) is 1. The van der Waals surface area contributed by atoms with Gasteiger partial charge in [-0.25, -0.2) is 9.11 Å². The van der Waals surface area contributed by atoms with Crippen molar-refractivity contribution in [2.45, 2.75) is 24.5 Å². The van der Waals surface area contributed by atoms with Crippen LogP contribution in [0.25, 0.3) is 0 Å². The molecule has 27 heavy (non-hydrogen) atoms. The number of aliphatic hydroxyl groups excluding tert-OH is 2. The van der Waals surface area contributed by atoms with Crippen molar-refractivity contribution in [1.29, 1.82) is 0 Å². The molecule has 0 radical (unpaired) electrons. The first kappa shape index (κ1) is 27.8. The van der Waals surface area contributed by atoms with Gasteiger partial charge in [0.1, 0.15) is 18.3 Å². The molecule has 1 aliphatic heterocycles. The van der Waals surface area contributed by atoms with Crippen molar-refractivity contribution in [3.63, 3.8) is 0 Å². The zero-order valence-electron chi connectivity index (χ0n) is 14.0.